The van der Waals surface area contributed by atoms with E-state index in [1.165, 1.54) is 0 Å². The highest BCUT2D eigenvalue weighted by atomic mass is 16.3. The van der Waals surface area contributed by atoms with Gasteiger partial charge in [-0.1, -0.05) is 33.8 Å². The number of nitrogens with zero attached hydrogens (tertiary/aromatic N) is 1. The lowest BCUT2D eigenvalue weighted by molar-refractivity contribution is 0.277. The van der Waals surface area contributed by atoms with Gasteiger partial charge >= 0.3 is 0 Å². The van der Waals surface area contributed by atoms with Crippen molar-refractivity contribution >= 4 is 5.82 Å². The molecule has 0 bridgehead atoms. The molecule has 2 N–H and O–H groups in total. The van der Waals surface area contributed by atoms with E-state index in [0.29, 0.717) is 23.4 Å². The van der Waals surface area contributed by atoms with E-state index in [4.69, 9.17) is 5.11 Å². The van der Waals surface area contributed by atoms with Crippen LogP contribution in [0.1, 0.15) is 33.4 Å². The van der Waals surface area contributed by atoms with Crippen LogP contribution in [0.4, 0.5) is 5.82 Å². The number of hydrogen-bond donors (Lipinski definition) is 2. The summed E-state index contributed by atoms with van der Waals surface area (Å²) in [6, 6.07) is 5.69. The van der Waals surface area contributed by atoms with Crippen molar-refractivity contribution < 1.29 is 5.11 Å². The van der Waals surface area contributed by atoms with E-state index in [1.807, 2.05) is 18.2 Å². The monoisotopic (exact) mass is 236 g/mol. The molecule has 0 amide bonds. The second-order valence-electron chi connectivity index (χ2n) is 5.21. The average molecular weight is 236 g/mol. The fraction of sp³-hybridized carbons (Fsp3) is 0.643. The molecule has 0 atom stereocenters. The van der Waals surface area contributed by atoms with Crippen LogP contribution in [0.3, 0.4) is 0 Å². The van der Waals surface area contributed by atoms with Crippen LogP contribution in [-0.2, 0) is 6.61 Å². The summed E-state index contributed by atoms with van der Waals surface area (Å²) in [5.74, 6) is 2.80. The van der Waals surface area contributed by atoms with E-state index in [1.54, 1.807) is 0 Å². The van der Waals surface area contributed by atoms with Crippen LogP contribution in [0.15, 0.2) is 18.2 Å². The number of aliphatic hydroxyl groups is 1. The summed E-state index contributed by atoms with van der Waals surface area (Å²) in [4.78, 5) is 4.32. The van der Waals surface area contributed by atoms with Crippen molar-refractivity contribution in [3.05, 3.63) is 23.9 Å². The Labute approximate surface area is 104 Å². The molecular formula is C14H24N2O. The highest BCUT2D eigenvalue weighted by molar-refractivity contribution is 5.35. The standard InChI is InChI=1S/C14H24N2O/c1-10(2)13(11(3)4)8-15-14-7-5-6-12(9-17)16-14/h5-7,10-11,13,17H,8-9H2,1-4H3,(H,15,16). The third kappa shape index (κ3) is 4.35. The van der Waals surface area contributed by atoms with Gasteiger partial charge in [-0.25, -0.2) is 4.98 Å². The SMILES string of the molecule is CC(C)C(CNc1cccc(CO)n1)C(C)C. The Morgan fingerprint density at radius 2 is 1.82 bits per heavy atom. The molecule has 0 aliphatic heterocycles. The summed E-state index contributed by atoms with van der Waals surface area (Å²) in [5.41, 5.74) is 0.709. The van der Waals surface area contributed by atoms with Crippen LogP contribution in [-0.4, -0.2) is 16.6 Å². The van der Waals surface area contributed by atoms with Gasteiger partial charge in [0.2, 0.25) is 0 Å². The lowest BCUT2D eigenvalue weighted by atomic mass is 9.85. The van der Waals surface area contributed by atoms with Crippen molar-refractivity contribution in [3.8, 4) is 0 Å². The summed E-state index contributed by atoms with van der Waals surface area (Å²) >= 11 is 0. The normalized spacial score (nSPS) is 11.5. The van der Waals surface area contributed by atoms with Gasteiger partial charge in [0.1, 0.15) is 5.82 Å². The molecule has 1 rings (SSSR count). The molecule has 0 unspecified atom stereocenters. The smallest absolute Gasteiger partial charge is 0.126 e. The molecule has 1 aromatic rings. The number of anilines is 1. The Hall–Kier alpha value is -1.09. The third-order valence-corrected chi connectivity index (χ3v) is 3.20. The highest BCUT2D eigenvalue weighted by Gasteiger charge is 2.17. The molecular weight excluding hydrogens is 212 g/mol. The number of rotatable bonds is 6. The number of aromatic nitrogens is 1. The van der Waals surface area contributed by atoms with E-state index < -0.39 is 0 Å². The minimum atomic E-state index is -0.00664. The zero-order valence-corrected chi connectivity index (χ0v) is 11.3. The van der Waals surface area contributed by atoms with Crippen molar-refractivity contribution in [1.29, 1.82) is 0 Å². The van der Waals surface area contributed by atoms with Gasteiger partial charge in [-0.2, -0.15) is 0 Å². The van der Waals surface area contributed by atoms with Gasteiger partial charge in [0.05, 0.1) is 12.3 Å². The molecule has 0 fully saturated rings. The fourth-order valence-corrected chi connectivity index (χ4v) is 2.13. The zero-order valence-electron chi connectivity index (χ0n) is 11.3. The fourth-order valence-electron chi connectivity index (χ4n) is 2.13. The van der Waals surface area contributed by atoms with Gasteiger partial charge in [-0.05, 0) is 29.9 Å². The van der Waals surface area contributed by atoms with E-state index >= 15 is 0 Å². The molecule has 96 valence electrons. The molecule has 1 heterocycles. The Balaban J connectivity index is 2.59. The van der Waals surface area contributed by atoms with Gasteiger partial charge in [-0.3, -0.25) is 0 Å². The number of aliphatic hydroxyl groups excluding tert-OH is 1. The largest absolute Gasteiger partial charge is 0.390 e. The Morgan fingerprint density at radius 3 is 2.35 bits per heavy atom. The van der Waals surface area contributed by atoms with Crippen LogP contribution in [0, 0.1) is 17.8 Å². The summed E-state index contributed by atoms with van der Waals surface area (Å²) in [6.45, 7) is 9.94. The first-order chi connectivity index (χ1) is 8.04. The lowest BCUT2D eigenvalue weighted by Crippen LogP contribution is -2.24. The van der Waals surface area contributed by atoms with Gasteiger partial charge < -0.3 is 10.4 Å². The number of pyridine rings is 1. The van der Waals surface area contributed by atoms with E-state index in [9.17, 15) is 0 Å². The van der Waals surface area contributed by atoms with E-state index in [2.05, 4.69) is 38.0 Å². The molecule has 0 spiro atoms. The number of hydrogen-bond acceptors (Lipinski definition) is 3. The van der Waals surface area contributed by atoms with Crippen molar-refractivity contribution in [2.45, 2.75) is 34.3 Å². The molecule has 17 heavy (non-hydrogen) atoms. The summed E-state index contributed by atoms with van der Waals surface area (Å²) in [6.07, 6.45) is 0. The Kier molecular flexibility index (Phi) is 5.42. The van der Waals surface area contributed by atoms with Gasteiger partial charge in [0.15, 0.2) is 0 Å². The Bertz CT molecular complexity index is 329. The molecule has 0 aliphatic carbocycles. The van der Waals surface area contributed by atoms with Gasteiger partial charge in [0, 0.05) is 6.54 Å². The maximum Gasteiger partial charge on any atom is 0.126 e. The Morgan fingerprint density at radius 1 is 1.18 bits per heavy atom. The molecule has 0 aliphatic rings. The van der Waals surface area contributed by atoms with Gasteiger partial charge in [-0.15, -0.1) is 0 Å². The summed E-state index contributed by atoms with van der Waals surface area (Å²) < 4.78 is 0. The predicted octanol–water partition coefficient (Wildman–Crippen LogP) is 2.91. The lowest BCUT2D eigenvalue weighted by Gasteiger charge is -2.25. The van der Waals surface area contributed by atoms with Crippen molar-refractivity contribution in [3.63, 3.8) is 0 Å². The first-order valence-corrected chi connectivity index (χ1v) is 6.35. The molecule has 3 heteroatoms. The summed E-state index contributed by atoms with van der Waals surface area (Å²) in [7, 11) is 0. The average Bonchev–Trinajstić information content (AvgIpc) is 2.28. The van der Waals surface area contributed by atoms with Gasteiger partial charge in [0.25, 0.3) is 0 Å². The molecule has 3 nitrogen and oxygen atoms in total. The number of nitrogens with one attached hydrogen (secondary N) is 1. The second-order valence-corrected chi connectivity index (χ2v) is 5.21. The highest BCUT2D eigenvalue weighted by Crippen LogP contribution is 2.20. The molecule has 0 saturated heterocycles. The summed E-state index contributed by atoms with van der Waals surface area (Å²) in [5, 5.41) is 12.4. The molecule has 0 radical (unpaired) electrons. The topological polar surface area (TPSA) is 45.1 Å². The maximum atomic E-state index is 9.03. The van der Waals surface area contributed by atoms with Crippen molar-refractivity contribution in [1.82, 2.24) is 4.98 Å². The van der Waals surface area contributed by atoms with Crippen LogP contribution < -0.4 is 5.32 Å². The first kappa shape index (κ1) is 14.0. The van der Waals surface area contributed by atoms with Crippen LogP contribution >= 0.6 is 0 Å². The minimum absolute atomic E-state index is 0.00664. The second kappa shape index (κ2) is 6.60. The predicted molar refractivity (Wildman–Crippen MR) is 71.8 cm³/mol. The van der Waals surface area contributed by atoms with Crippen molar-refractivity contribution in [2.75, 3.05) is 11.9 Å². The quantitative estimate of drug-likeness (QED) is 0.798. The van der Waals surface area contributed by atoms with E-state index in [-0.39, 0.29) is 6.61 Å². The van der Waals surface area contributed by atoms with Crippen molar-refractivity contribution in [2.24, 2.45) is 17.8 Å². The zero-order chi connectivity index (χ0) is 12.8. The molecule has 1 aromatic heterocycles. The minimum Gasteiger partial charge on any atom is -0.390 e. The van der Waals surface area contributed by atoms with Crippen LogP contribution in [0.2, 0.25) is 0 Å². The van der Waals surface area contributed by atoms with Crippen LogP contribution in [0.5, 0.6) is 0 Å². The molecule has 0 aromatic carbocycles. The first-order valence-electron chi connectivity index (χ1n) is 6.35. The van der Waals surface area contributed by atoms with E-state index in [0.717, 1.165) is 12.4 Å². The maximum absolute atomic E-state index is 9.03. The molecule has 0 saturated carbocycles. The van der Waals surface area contributed by atoms with Crippen LogP contribution in [0.25, 0.3) is 0 Å². The third-order valence-electron chi connectivity index (χ3n) is 3.20.